The molecule has 1 unspecified atom stereocenters. The molecule has 1 atom stereocenters. The highest BCUT2D eigenvalue weighted by Crippen LogP contribution is 2.47. The highest BCUT2D eigenvalue weighted by atomic mass is 16.6. The van der Waals surface area contributed by atoms with Gasteiger partial charge in [-0.25, -0.2) is 0 Å². The third-order valence-electron chi connectivity index (χ3n) is 3.57. The van der Waals surface area contributed by atoms with E-state index in [1.165, 1.54) is 11.1 Å². The largest absolute Gasteiger partial charge is 0.486 e. The van der Waals surface area contributed by atoms with Crippen LogP contribution in [0.15, 0.2) is 12.1 Å². The minimum atomic E-state index is 0.126. The Morgan fingerprint density at radius 3 is 2.50 bits per heavy atom. The predicted octanol–water partition coefficient (Wildman–Crippen LogP) is 2.14. The molecule has 86 valence electrons. The van der Waals surface area contributed by atoms with Crippen molar-refractivity contribution in [2.24, 2.45) is 5.73 Å². The Balaban J connectivity index is 2.16. The van der Waals surface area contributed by atoms with Crippen LogP contribution in [0.2, 0.25) is 0 Å². The first kappa shape index (κ1) is 9.97. The standard InChI is InChI=1S/C13H17NO2/c1-13(2)7-10(14)8-5-11-12(6-9(8)13)16-4-3-15-11/h5-6,10H,3-4,7,14H2,1-2H3. The molecule has 1 aliphatic carbocycles. The lowest BCUT2D eigenvalue weighted by Gasteiger charge is -2.23. The van der Waals surface area contributed by atoms with Crippen LogP contribution in [0.5, 0.6) is 11.5 Å². The van der Waals surface area contributed by atoms with E-state index < -0.39 is 0 Å². The third kappa shape index (κ3) is 1.31. The second kappa shape index (κ2) is 3.14. The molecule has 0 saturated carbocycles. The Morgan fingerprint density at radius 1 is 1.19 bits per heavy atom. The van der Waals surface area contributed by atoms with E-state index in [4.69, 9.17) is 15.2 Å². The second-order valence-corrected chi connectivity index (χ2v) is 5.28. The van der Waals surface area contributed by atoms with E-state index in [2.05, 4.69) is 26.0 Å². The summed E-state index contributed by atoms with van der Waals surface area (Å²) in [6.07, 6.45) is 0.991. The van der Waals surface area contributed by atoms with Crippen molar-refractivity contribution in [1.29, 1.82) is 0 Å². The van der Waals surface area contributed by atoms with E-state index in [9.17, 15) is 0 Å². The maximum Gasteiger partial charge on any atom is 0.161 e. The molecule has 1 aliphatic heterocycles. The average Bonchev–Trinajstić information content (AvgIpc) is 2.47. The Bertz CT molecular complexity index is 440. The SMILES string of the molecule is CC1(C)CC(N)c2cc3c(cc21)OCCO3. The maximum atomic E-state index is 6.16. The number of fused-ring (bicyclic) bond motifs is 2. The van der Waals surface area contributed by atoms with E-state index in [-0.39, 0.29) is 11.5 Å². The number of nitrogens with two attached hydrogens (primary N) is 1. The smallest absolute Gasteiger partial charge is 0.161 e. The van der Waals surface area contributed by atoms with Crippen LogP contribution in [0.3, 0.4) is 0 Å². The number of hydrogen-bond acceptors (Lipinski definition) is 3. The molecule has 0 fully saturated rings. The van der Waals surface area contributed by atoms with Crippen LogP contribution in [0, 0.1) is 0 Å². The quantitative estimate of drug-likeness (QED) is 0.727. The Labute approximate surface area is 95.5 Å². The van der Waals surface area contributed by atoms with E-state index >= 15 is 0 Å². The lowest BCUT2D eigenvalue weighted by Crippen LogP contribution is -2.17. The molecule has 0 aromatic heterocycles. The molecule has 1 aromatic carbocycles. The van der Waals surface area contributed by atoms with Gasteiger partial charge in [0, 0.05) is 6.04 Å². The number of ether oxygens (including phenoxy) is 2. The van der Waals surface area contributed by atoms with E-state index in [0.717, 1.165) is 17.9 Å². The monoisotopic (exact) mass is 219 g/mol. The summed E-state index contributed by atoms with van der Waals surface area (Å²) in [5.41, 5.74) is 8.83. The van der Waals surface area contributed by atoms with Crippen LogP contribution in [-0.2, 0) is 5.41 Å². The lowest BCUT2D eigenvalue weighted by molar-refractivity contribution is 0.171. The van der Waals surface area contributed by atoms with Gasteiger partial charge in [0.2, 0.25) is 0 Å². The van der Waals surface area contributed by atoms with Crippen molar-refractivity contribution in [3.05, 3.63) is 23.3 Å². The van der Waals surface area contributed by atoms with Crippen molar-refractivity contribution in [2.75, 3.05) is 13.2 Å². The summed E-state index contributed by atoms with van der Waals surface area (Å²) in [7, 11) is 0. The van der Waals surface area contributed by atoms with Crippen molar-refractivity contribution < 1.29 is 9.47 Å². The second-order valence-electron chi connectivity index (χ2n) is 5.28. The summed E-state index contributed by atoms with van der Waals surface area (Å²) in [5.74, 6) is 1.71. The number of benzene rings is 1. The van der Waals surface area contributed by atoms with Crippen molar-refractivity contribution in [3.63, 3.8) is 0 Å². The molecule has 0 saturated heterocycles. The first-order chi connectivity index (χ1) is 7.58. The van der Waals surface area contributed by atoms with E-state index in [1.54, 1.807) is 0 Å². The highest BCUT2D eigenvalue weighted by molar-refractivity contribution is 5.53. The fourth-order valence-corrected chi connectivity index (χ4v) is 2.77. The fourth-order valence-electron chi connectivity index (χ4n) is 2.77. The van der Waals surface area contributed by atoms with Gasteiger partial charge in [0.25, 0.3) is 0 Å². The van der Waals surface area contributed by atoms with E-state index in [0.29, 0.717) is 13.2 Å². The van der Waals surface area contributed by atoms with Crippen molar-refractivity contribution in [1.82, 2.24) is 0 Å². The van der Waals surface area contributed by atoms with Crippen LogP contribution >= 0.6 is 0 Å². The molecule has 3 nitrogen and oxygen atoms in total. The molecular formula is C13H17NO2. The normalized spacial score (nSPS) is 25.3. The Morgan fingerprint density at radius 2 is 1.81 bits per heavy atom. The molecule has 1 aromatic rings. The minimum absolute atomic E-state index is 0.126. The molecule has 2 aliphatic rings. The first-order valence-corrected chi connectivity index (χ1v) is 5.77. The fraction of sp³-hybridized carbons (Fsp3) is 0.538. The topological polar surface area (TPSA) is 44.5 Å². The van der Waals surface area contributed by atoms with E-state index in [1.807, 2.05) is 0 Å². The lowest BCUT2D eigenvalue weighted by atomic mass is 9.86. The van der Waals surface area contributed by atoms with Crippen molar-refractivity contribution in [2.45, 2.75) is 31.7 Å². The summed E-state index contributed by atoms with van der Waals surface area (Å²) in [6, 6.07) is 4.29. The van der Waals surface area contributed by atoms with Gasteiger partial charge in [-0.05, 0) is 35.1 Å². The molecule has 0 spiro atoms. The highest BCUT2D eigenvalue weighted by Gasteiger charge is 2.36. The van der Waals surface area contributed by atoms with Gasteiger partial charge in [0.1, 0.15) is 13.2 Å². The molecule has 0 amide bonds. The molecule has 0 radical (unpaired) electrons. The Kier molecular flexibility index (Phi) is 1.96. The zero-order chi connectivity index (χ0) is 11.3. The molecule has 2 N–H and O–H groups in total. The summed E-state index contributed by atoms with van der Waals surface area (Å²) < 4.78 is 11.2. The van der Waals surface area contributed by atoms with Gasteiger partial charge in [-0.3, -0.25) is 0 Å². The van der Waals surface area contributed by atoms with Crippen molar-refractivity contribution >= 4 is 0 Å². The van der Waals surface area contributed by atoms with Crippen molar-refractivity contribution in [3.8, 4) is 11.5 Å². The molecular weight excluding hydrogens is 202 g/mol. The molecule has 1 heterocycles. The number of hydrogen-bond donors (Lipinski definition) is 1. The maximum absolute atomic E-state index is 6.16. The van der Waals surface area contributed by atoms with Crippen LogP contribution < -0.4 is 15.2 Å². The Hall–Kier alpha value is -1.22. The minimum Gasteiger partial charge on any atom is -0.486 e. The van der Waals surface area contributed by atoms with Gasteiger partial charge in [-0.2, -0.15) is 0 Å². The molecule has 16 heavy (non-hydrogen) atoms. The number of rotatable bonds is 0. The summed E-state index contributed by atoms with van der Waals surface area (Å²) in [5, 5.41) is 0. The van der Waals surface area contributed by atoms with Gasteiger partial charge in [0.05, 0.1) is 0 Å². The average molecular weight is 219 g/mol. The van der Waals surface area contributed by atoms with Crippen LogP contribution in [-0.4, -0.2) is 13.2 Å². The molecule has 0 bridgehead atoms. The van der Waals surface area contributed by atoms with Crippen LogP contribution in [0.1, 0.15) is 37.4 Å². The first-order valence-electron chi connectivity index (χ1n) is 5.77. The van der Waals surface area contributed by atoms with Gasteiger partial charge < -0.3 is 15.2 Å². The summed E-state index contributed by atoms with van der Waals surface area (Å²) >= 11 is 0. The zero-order valence-electron chi connectivity index (χ0n) is 9.75. The third-order valence-corrected chi connectivity index (χ3v) is 3.57. The summed E-state index contributed by atoms with van der Waals surface area (Å²) in [6.45, 7) is 5.73. The van der Waals surface area contributed by atoms with Crippen LogP contribution in [0.25, 0.3) is 0 Å². The van der Waals surface area contributed by atoms with Crippen LogP contribution in [0.4, 0.5) is 0 Å². The molecule has 3 heteroatoms. The summed E-state index contributed by atoms with van der Waals surface area (Å²) in [4.78, 5) is 0. The van der Waals surface area contributed by atoms with Gasteiger partial charge >= 0.3 is 0 Å². The van der Waals surface area contributed by atoms with Gasteiger partial charge in [-0.15, -0.1) is 0 Å². The zero-order valence-corrected chi connectivity index (χ0v) is 9.75. The van der Waals surface area contributed by atoms with Gasteiger partial charge in [-0.1, -0.05) is 13.8 Å². The van der Waals surface area contributed by atoms with Gasteiger partial charge in [0.15, 0.2) is 11.5 Å². The predicted molar refractivity (Wildman–Crippen MR) is 62.0 cm³/mol. The molecule has 3 rings (SSSR count).